The van der Waals surface area contributed by atoms with Crippen molar-refractivity contribution in [2.45, 2.75) is 37.6 Å². The molecule has 1 heterocycles. The number of hydrogen-bond donors (Lipinski definition) is 0. The highest BCUT2D eigenvalue weighted by Crippen LogP contribution is 2.28. The zero-order valence-corrected chi connectivity index (χ0v) is 16.7. The van der Waals surface area contributed by atoms with E-state index < -0.39 is 0 Å². The van der Waals surface area contributed by atoms with Gasteiger partial charge in [0, 0.05) is 5.56 Å². The monoisotopic (exact) mass is 382 g/mol. The van der Waals surface area contributed by atoms with Crippen molar-refractivity contribution in [2.24, 2.45) is 0 Å². The Hall–Kier alpha value is -2.67. The standard InChI is InChI=1S/C20H22N4O2S/c1-5-18(19(25)15-7-10-17(26-4)11-8-15)27-20-21-22-23-24(20)16-9-6-13(2)14(3)12-16/h6-12,18H,5H2,1-4H3. The molecule has 7 heteroatoms. The minimum atomic E-state index is -0.269. The van der Waals surface area contributed by atoms with E-state index in [4.69, 9.17) is 4.74 Å². The smallest absolute Gasteiger partial charge is 0.214 e. The van der Waals surface area contributed by atoms with Gasteiger partial charge in [-0.1, -0.05) is 24.8 Å². The van der Waals surface area contributed by atoms with Gasteiger partial charge in [-0.2, -0.15) is 4.68 Å². The van der Waals surface area contributed by atoms with Gasteiger partial charge in [0.15, 0.2) is 5.78 Å². The van der Waals surface area contributed by atoms with Gasteiger partial charge in [0.1, 0.15) is 5.75 Å². The second-order valence-corrected chi connectivity index (χ2v) is 7.42. The maximum absolute atomic E-state index is 12.9. The average Bonchev–Trinajstić information content (AvgIpc) is 3.16. The van der Waals surface area contributed by atoms with Crippen LogP contribution in [0.5, 0.6) is 5.75 Å². The van der Waals surface area contributed by atoms with E-state index in [0.29, 0.717) is 17.1 Å². The number of tetrazole rings is 1. The number of methoxy groups -OCH3 is 1. The van der Waals surface area contributed by atoms with Crippen LogP contribution in [0.25, 0.3) is 5.69 Å². The van der Waals surface area contributed by atoms with Gasteiger partial charge in [0.25, 0.3) is 0 Å². The lowest BCUT2D eigenvalue weighted by molar-refractivity contribution is 0.0988. The molecular formula is C20H22N4O2S. The summed E-state index contributed by atoms with van der Waals surface area (Å²) in [5.74, 6) is 0.783. The Kier molecular flexibility index (Phi) is 5.91. The molecule has 0 saturated carbocycles. The third-order valence-electron chi connectivity index (χ3n) is 4.46. The maximum atomic E-state index is 12.9. The van der Waals surface area contributed by atoms with Gasteiger partial charge in [0.2, 0.25) is 5.16 Å². The predicted octanol–water partition coefficient (Wildman–Crippen LogP) is 4.04. The number of benzene rings is 2. The molecule has 0 fully saturated rings. The Morgan fingerprint density at radius 2 is 1.89 bits per heavy atom. The van der Waals surface area contributed by atoms with Crippen LogP contribution >= 0.6 is 11.8 Å². The summed E-state index contributed by atoms with van der Waals surface area (Å²) in [6.07, 6.45) is 0.676. The van der Waals surface area contributed by atoms with Crippen molar-refractivity contribution < 1.29 is 9.53 Å². The summed E-state index contributed by atoms with van der Waals surface area (Å²) in [5, 5.41) is 12.4. The molecule has 0 aliphatic rings. The Morgan fingerprint density at radius 1 is 1.15 bits per heavy atom. The summed E-state index contributed by atoms with van der Waals surface area (Å²) >= 11 is 1.39. The van der Waals surface area contributed by atoms with Crippen molar-refractivity contribution in [1.82, 2.24) is 20.2 Å². The van der Waals surface area contributed by atoms with E-state index in [1.54, 1.807) is 36.1 Å². The number of Topliss-reactive ketones (excluding diaryl/α,β-unsaturated/α-hetero) is 1. The molecule has 0 amide bonds. The minimum absolute atomic E-state index is 0.0554. The first-order chi connectivity index (χ1) is 13.0. The minimum Gasteiger partial charge on any atom is -0.497 e. The Balaban J connectivity index is 1.83. The molecular weight excluding hydrogens is 360 g/mol. The molecule has 6 nitrogen and oxygen atoms in total. The molecule has 3 aromatic rings. The molecule has 140 valence electrons. The number of aromatic nitrogens is 4. The van der Waals surface area contributed by atoms with Gasteiger partial charge in [-0.25, -0.2) is 0 Å². The quantitative estimate of drug-likeness (QED) is 0.454. The van der Waals surface area contributed by atoms with Gasteiger partial charge in [-0.3, -0.25) is 4.79 Å². The predicted molar refractivity (Wildman–Crippen MR) is 106 cm³/mol. The van der Waals surface area contributed by atoms with Crippen LogP contribution in [0.4, 0.5) is 0 Å². The number of rotatable bonds is 7. The number of carbonyl (C=O) groups excluding carboxylic acids is 1. The number of thioether (sulfide) groups is 1. The van der Waals surface area contributed by atoms with E-state index in [1.807, 2.05) is 25.1 Å². The molecule has 0 spiro atoms. The highest BCUT2D eigenvalue weighted by Gasteiger charge is 2.23. The first kappa shape index (κ1) is 19.1. The van der Waals surface area contributed by atoms with Gasteiger partial charge in [-0.05, 0) is 78.2 Å². The lowest BCUT2D eigenvalue weighted by Crippen LogP contribution is -2.17. The van der Waals surface area contributed by atoms with Crippen LogP contribution < -0.4 is 4.74 Å². The molecule has 1 aromatic heterocycles. The van der Waals surface area contributed by atoms with E-state index in [9.17, 15) is 4.79 Å². The number of hydrogen-bond acceptors (Lipinski definition) is 6. The van der Waals surface area contributed by atoms with Crippen LogP contribution in [0.15, 0.2) is 47.6 Å². The van der Waals surface area contributed by atoms with Crippen molar-refractivity contribution in [3.8, 4) is 11.4 Å². The zero-order valence-electron chi connectivity index (χ0n) is 15.8. The van der Waals surface area contributed by atoms with E-state index in [1.165, 1.54) is 22.9 Å². The fourth-order valence-electron chi connectivity index (χ4n) is 2.66. The molecule has 0 N–H and O–H groups in total. The van der Waals surface area contributed by atoms with E-state index in [2.05, 4.69) is 29.4 Å². The topological polar surface area (TPSA) is 69.9 Å². The number of nitrogens with zero attached hydrogens (tertiary/aromatic N) is 4. The fraction of sp³-hybridized carbons (Fsp3) is 0.300. The van der Waals surface area contributed by atoms with E-state index >= 15 is 0 Å². The summed E-state index contributed by atoms with van der Waals surface area (Å²) < 4.78 is 6.84. The van der Waals surface area contributed by atoms with Crippen molar-refractivity contribution in [3.05, 3.63) is 59.2 Å². The molecule has 1 unspecified atom stereocenters. The molecule has 27 heavy (non-hydrogen) atoms. The molecule has 0 bridgehead atoms. The summed E-state index contributed by atoms with van der Waals surface area (Å²) in [7, 11) is 1.61. The van der Waals surface area contributed by atoms with Crippen LogP contribution in [0.1, 0.15) is 34.8 Å². The third-order valence-corrected chi connectivity index (χ3v) is 5.76. The van der Waals surface area contributed by atoms with Crippen molar-refractivity contribution in [3.63, 3.8) is 0 Å². The molecule has 0 aliphatic heterocycles. The van der Waals surface area contributed by atoms with Crippen LogP contribution in [-0.4, -0.2) is 38.4 Å². The molecule has 0 saturated heterocycles. The van der Waals surface area contributed by atoms with Crippen molar-refractivity contribution >= 4 is 17.5 Å². The summed E-state index contributed by atoms with van der Waals surface area (Å²) in [4.78, 5) is 12.9. The lowest BCUT2D eigenvalue weighted by atomic mass is 10.1. The van der Waals surface area contributed by atoms with Crippen LogP contribution in [0.2, 0.25) is 0 Å². The Bertz CT molecular complexity index is 937. The molecule has 0 aliphatic carbocycles. The fourth-order valence-corrected chi connectivity index (χ4v) is 3.65. The lowest BCUT2D eigenvalue weighted by Gasteiger charge is -2.13. The summed E-state index contributed by atoms with van der Waals surface area (Å²) in [5.41, 5.74) is 3.92. The highest BCUT2D eigenvalue weighted by molar-refractivity contribution is 8.00. The number of ether oxygens (including phenoxy) is 1. The van der Waals surface area contributed by atoms with Crippen LogP contribution in [0.3, 0.4) is 0 Å². The maximum Gasteiger partial charge on any atom is 0.214 e. The van der Waals surface area contributed by atoms with Gasteiger partial charge in [0.05, 0.1) is 18.0 Å². The van der Waals surface area contributed by atoms with E-state index in [0.717, 1.165) is 11.4 Å². The second kappa shape index (κ2) is 8.35. The van der Waals surface area contributed by atoms with Gasteiger partial charge >= 0.3 is 0 Å². The van der Waals surface area contributed by atoms with Crippen LogP contribution in [0, 0.1) is 13.8 Å². The van der Waals surface area contributed by atoms with E-state index in [-0.39, 0.29) is 11.0 Å². The molecule has 2 aromatic carbocycles. The first-order valence-electron chi connectivity index (χ1n) is 8.74. The molecule has 0 radical (unpaired) electrons. The first-order valence-corrected chi connectivity index (χ1v) is 9.62. The Morgan fingerprint density at radius 3 is 2.52 bits per heavy atom. The number of ketones is 1. The molecule has 1 atom stereocenters. The SMILES string of the molecule is CCC(Sc1nnnn1-c1ccc(C)c(C)c1)C(=O)c1ccc(OC)cc1. The molecule has 3 rings (SSSR count). The largest absolute Gasteiger partial charge is 0.497 e. The summed E-state index contributed by atoms with van der Waals surface area (Å²) in [6.45, 7) is 6.11. The third kappa shape index (κ3) is 4.19. The number of carbonyl (C=O) groups is 1. The average molecular weight is 382 g/mol. The normalized spacial score (nSPS) is 12.0. The number of aryl methyl sites for hydroxylation is 2. The van der Waals surface area contributed by atoms with Crippen LogP contribution in [-0.2, 0) is 0 Å². The van der Waals surface area contributed by atoms with Crippen molar-refractivity contribution in [2.75, 3.05) is 7.11 Å². The second-order valence-electron chi connectivity index (χ2n) is 6.25. The van der Waals surface area contributed by atoms with Crippen molar-refractivity contribution in [1.29, 1.82) is 0 Å². The summed E-state index contributed by atoms with van der Waals surface area (Å²) in [6, 6.07) is 13.2. The van der Waals surface area contributed by atoms with Gasteiger partial charge < -0.3 is 4.74 Å². The Labute approximate surface area is 162 Å². The zero-order chi connectivity index (χ0) is 19.4. The highest BCUT2D eigenvalue weighted by atomic mass is 32.2. The van der Waals surface area contributed by atoms with Gasteiger partial charge in [-0.15, -0.1) is 5.10 Å².